The van der Waals surface area contributed by atoms with Crippen molar-refractivity contribution in [2.45, 2.75) is 66.5 Å². The second kappa shape index (κ2) is 8.50. The van der Waals surface area contributed by atoms with Gasteiger partial charge in [0.1, 0.15) is 0 Å². The average molecular weight is 253 g/mol. The van der Waals surface area contributed by atoms with Gasteiger partial charge in [0.05, 0.1) is 6.07 Å². The van der Waals surface area contributed by atoms with Gasteiger partial charge in [-0.1, -0.05) is 13.8 Å². The van der Waals surface area contributed by atoms with Crippen LogP contribution in [0.15, 0.2) is 0 Å². The number of hydrogen-bond donors (Lipinski definition) is 1. The topological polar surface area (TPSA) is 39.1 Å². The van der Waals surface area contributed by atoms with Gasteiger partial charge in [-0.25, -0.2) is 0 Å². The average Bonchev–Trinajstić information content (AvgIpc) is 2.25. The Morgan fingerprint density at radius 1 is 1.17 bits per heavy atom. The first-order chi connectivity index (χ1) is 8.30. The Morgan fingerprint density at radius 2 is 1.72 bits per heavy atom. The van der Waals surface area contributed by atoms with E-state index in [0.29, 0.717) is 18.5 Å². The van der Waals surface area contributed by atoms with Crippen LogP contribution in [0.2, 0.25) is 0 Å². The summed E-state index contributed by atoms with van der Waals surface area (Å²) in [4.78, 5) is 2.50. The molecule has 0 spiro atoms. The molecule has 0 aromatic heterocycles. The first-order valence-corrected chi connectivity index (χ1v) is 7.13. The van der Waals surface area contributed by atoms with Crippen molar-refractivity contribution in [2.75, 3.05) is 19.6 Å². The molecule has 0 bridgehead atoms. The smallest absolute Gasteiger partial charge is 0.0621 e. The van der Waals surface area contributed by atoms with Gasteiger partial charge in [-0.3, -0.25) is 4.90 Å². The predicted octanol–water partition coefficient (Wildman–Crippen LogP) is 3.02. The molecule has 0 amide bonds. The fourth-order valence-corrected chi connectivity index (χ4v) is 2.23. The molecule has 0 atom stereocenters. The van der Waals surface area contributed by atoms with Crippen molar-refractivity contribution in [1.29, 1.82) is 5.26 Å². The van der Waals surface area contributed by atoms with Gasteiger partial charge in [-0.05, 0) is 39.5 Å². The molecule has 0 heterocycles. The van der Waals surface area contributed by atoms with Gasteiger partial charge in [0.2, 0.25) is 0 Å². The van der Waals surface area contributed by atoms with Crippen molar-refractivity contribution < 1.29 is 0 Å². The van der Waals surface area contributed by atoms with E-state index in [0.717, 1.165) is 26.1 Å². The molecule has 0 aliphatic rings. The molecule has 0 fully saturated rings. The van der Waals surface area contributed by atoms with Gasteiger partial charge in [0, 0.05) is 38.1 Å². The van der Waals surface area contributed by atoms with Crippen LogP contribution >= 0.6 is 0 Å². The van der Waals surface area contributed by atoms with Gasteiger partial charge in [0.25, 0.3) is 0 Å². The lowest BCUT2D eigenvalue weighted by Crippen LogP contribution is -2.42. The maximum Gasteiger partial charge on any atom is 0.0621 e. The van der Waals surface area contributed by atoms with E-state index in [1.165, 1.54) is 0 Å². The van der Waals surface area contributed by atoms with Crippen LogP contribution in [0.1, 0.15) is 54.4 Å². The van der Waals surface area contributed by atoms with E-state index in [9.17, 15) is 0 Å². The van der Waals surface area contributed by atoms with E-state index in [4.69, 9.17) is 5.26 Å². The number of rotatable bonds is 9. The SMILES string of the molecule is CC(C)N(CCNCC(C)(C)CCC#N)C(C)C. The lowest BCUT2D eigenvalue weighted by Gasteiger charge is -2.31. The van der Waals surface area contributed by atoms with Crippen LogP contribution in [0, 0.1) is 16.7 Å². The Morgan fingerprint density at radius 3 is 2.17 bits per heavy atom. The lowest BCUT2D eigenvalue weighted by molar-refractivity contribution is 0.173. The van der Waals surface area contributed by atoms with Crippen LogP contribution in [0.5, 0.6) is 0 Å². The van der Waals surface area contributed by atoms with Crippen LogP contribution in [0.3, 0.4) is 0 Å². The van der Waals surface area contributed by atoms with Crippen molar-refractivity contribution in [1.82, 2.24) is 10.2 Å². The maximum absolute atomic E-state index is 8.62. The quantitative estimate of drug-likeness (QED) is 0.642. The van der Waals surface area contributed by atoms with Crippen LogP contribution in [0.4, 0.5) is 0 Å². The third-order valence-corrected chi connectivity index (χ3v) is 3.39. The van der Waals surface area contributed by atoms with Crippen molar-refractivity contribution >= 4 is 0 Å². The van der Waals surface area contributed by atoms with E-state index in [2.05, 4.69) is 57.8 Å². The van der Waals surface area contributed by atoms with E-state index in [1.54, 1.807) is 0 Å². The van der Waals surface area contributed by atoms with Gasteiger partial charge in [0.15, 0.2) is 0 Å². The summed E-state index contributed by atoms with van der Waals surface area (Å²) in [6, 6.07) is 3.42. The Bertz CT molecular complexity index is 243. The van der Waals surface area contributed by atoms with Crippen molar-refractivity contribution in [3.05, 3.63) is 0 Å². The summed E-state index contributed by atoms with van der Waals surface area (Å²) in [6.45, 7) is 16.5. The molecular formula is C15H31N3. The van der Waals surface area contributed by atoms with Gasteiger partial charge >= 0.3 is 0 Å². The molecule has 18 heavy (non-hydrogen) atoms. The number of hydrogen-bond acceptors (Lipinski definition) is 3. The monoisotopic (exact) mass is 253 g/mol. The Kier molecular flexibility index (Phi) is 8.22. The van der Waals surface area contributed by atoms with Crippen molar-refractivity contribution in [2.24, 2.45) is 5.41 Å². The standard InChI is InChI=1S/C15H31N3/c1-13(2)18(14(3)4)11-10-17-12-15(5,6)8-7-9-16/h13-14,17H,7-8,10-12H2,1-6H3. The zero-order valence-corrected chi connectivity index (χ0v) is 13.1. The molecule has 0 rings (SSSR count). The summed E-state index contributed by atoms with van der Waals surface area (Å²) >= 11 is 0. The summed E-state index contributed by atoms with van der Waals surface area (Å²) in [5.74, 6) is 0. The van der Waals surface area contributed by atoms with Crippen LogP contribution < -0.4 is 5.32 Å². The molecule has 0 aromatic carbocycles. The minimum absolute atomic E-state index is 0.218. The molecule has 0 aliphatic carbocycles. The zero-order chi connectivity index (χ0) is 14.2. The predicted molar refractivity (Wildman–Crippen MR) is 78.5 cm³/mol. The first-order valence-electron chi connectivity index (χ1n) is 7.13. The van der Waals surface area contributed by atoms with Gasteiger partial charge in [-0.15, -0.1) is 0 Å². The highest BCUT2D eigenvalue weighted by atomic mass is 15.2. The normalized spacial score (nSPS) is 12.4. The Hall–Kier alpha value is -0.590. The second-order valence-electron chi connectivity index (χ2n) is 6.42. The highest BCUT2D eigenvalue weighted by Crippen LogP contribution is 2.20. The fraction of sp³-hybridized carbons (Fsp3) is 0.933. The highest BCUT2D eigenvalue weighted by Gasteiger charge is 2.17. The van der Waals surface area contributed by atoms with Crippen LogP contribution in [0.25, 0.3) is 0 Å². The Balaban J connectivity index is 3.87. The molecule has 3 nitrogen and oxygen atoms in total. The molecular weight excluding hydrogens is 222 g/mol. The van der Waals surface area contributed by atoms with Crippen molar-refractivity contribution in [3.63, 3.8) is 0 Å². The number of nitrogens with zero attached hydrogens (tertiary/aromatic N) is 2. The molecule has 0 unspecified atom stereocenters. The molecule has 0 saturated heterocycles. The molecule has 106 valence electrons. The third-order valence-electron chi connectivity index (χ3n) is 3.39. The molecule has 0 aliphatic heterocycles. The summed E-state index contributed by atoms with van der Waals surface area (Å²) in [5, 5.41) is 12.1. The van der Waals surface area contributed by atoms with E-state index in [1.807, 2.05) is 0 Å². The molecule has 1 N–H and O–H groups in total. The number of nitriles is 1. The summed E-state index contributed by atoms with van der Waals surface area (Å²) in [7, 11) is 0. The minimum atomic E-state index is 0.218. The summed E-state index contributed by atoms with van der Waals surface area (Å²) in [6.07, 6.45) is 1.62. The van der Waals surface area contributed by atoms with Crippen molar-refractivity contribution in [3.8, 4) is 6.07 Å². The minimum Gasteiger partial charge on any atom is -0.315 e. The fourth-order valence-electron chi connectivity index (χ4n) is 2.23. The number of nitrogens with one attached hydrogen (secondary N) is 1. The van der Waals surface area contributed by atoms with Crippen LogP contribution in [-0.4, -0.2) is 36.6 Å². The van der Waals surface area contributed by atoms with Gasteiger partial charge in [-0.2, -0.15) is 5.26 Å². The van der Waals surface area contributed by atoms with Gasteiger partial charge < -0.3 is 5.32 Å². The first kappa shape index (κ1) is 17.4. The Labute approximate surface area is 114 Å². The second-order valence-corrected chi connectivity index (χ2v) is 6.42. The highest BCUT2D eigenvalue weighted by molar-refractivity contribution is 4.79. The third kappa shape index (κ3) is 7.68. The van der Waals surface area contributed by atoms with E-state index in [-0.39, 0.29) is 5.41 Å². The zero-order valence-electron chi connectivity index (χ0n) is 13.1. The molecule has 0 saturated carbocycles. The van der Waals surface area contributed by atoms with E-state index >= 15 is 0 Å². The maximum atomic E-state index is 8.62. The summed E-state index contributed by atoms with van der Waals surface area (Å²) < 4.78 is 0. The lowest BCUT2D eigenvalue weighted by atomic mass is 9.88. The molecule has 0 aromatic rings. The molecule has 3 heteroatoms. The largest absolute Gasteiger partial charge is 0.315 e. The summed E-state index contributed by atoms with van der Waals surface area (Å²) in [5.41, 5.74) is 0.218. The van der Waals surface area contributed by atoms with E-state index < -0.39 is 0 Å². The van der Waals surface area contributed by atoms with Crippen LogP contribution in [-0.2, 0) is 0 Å². The molecule has 0 radical (unpaired) electrons.